The summed E-state index contributed by atoms with van der Waals surface area (Å²) in [4.78, 5) is 12.4. The minimum atomic E-state index is -0.0664. The summed E-state index contributed by atoms with van der Waals surface area (Å²) < 4.78 is 11.1. The van der Waals surface area contributed by atoms with Crippen molar-refractivity contribution in [1.29, 1.82) is 0 Å². The zero-order chi connectivity index (χ0) is 16.0. The van der Waals surface area contributed by atoms with E-state index in [0.717, 1.165) is 5.39 Å². The van der Waals surface area contributed by atoms with Crippen LogP contribution in [0.4, 0.5) is 0 Å². The lowest BCUT2D eigenvalue weighted by molar-refractivity contribution is 0.104. The Labute approximate surface area is 132 Å². The monoisotopic (exact) mass is 306 g/mol. The number of para-hydroxylation sites is 1. The maximum atomic E-state index is 12.4. The van der Waals surface area contributed by atoms with Crippen LogP contribution in [0.5, 0.6) is 11.5 Å². The number of allylic oxidation sites excluding steroid dienone is 1. The molecule has 0 spiro atoms. The van der Waals surface area contributed by atoms with Gasteiger partial charge in [-0.1, -0.05) is 24.3 Å². The molecule has 1 aliphatic rings. The number of aromatic hydroxyl groups is 1. The number of Topliss-reactive ketones (excluding diaryl/α,β-unsaturated/α-hetero) is 1. The summed E-state index contributed by atoms with van der Waals surface area (Å²) in [7, 11) is 1.59. The third-order valence-electron chi connectivity index (χ3n) is 4.12. The maximum Gasteiger partial charge on any atom is 0.189 e. The molecule has 2 aromatic carbocycles. The second kappa shape index (κ2) is 5.02. The van der Waals surface area contributed by atoms with Crippen molar-refractivity contribution in [3.8, 4) is 11.5 Å². The summed E-state index contributed by atoms with van der Waals surface area (Å²) in [5.41, 5.74) is 2.51. The molecule has 1 aliphatic carbocycles. The Morgan fingerprint density at radius 1 is 1.22 bits per heavy atom. The minimum Gasteiger partial charge on any atom is -0.508 e. The summed E-state index contributed by atoms with van der Waals surface area (Å²) in [6.07, 6.45) is 2.15. The molecule has 4 nitrogen and oxygen atoms in total. The molecule has 0 saturated carbocycles. The van der Waals surface area contributed by atoms with Gasteiger partial charge in [-0.05, 0) is 24.3 Å². The van der Waals surface area contributed by atoms with Crippen LogP contribution in [0.3, 0.4) is 0 Å². The van der Waals surface area contributed by atoms with E-state index in [0.29, 0.717) is 40.2 Å². The fourth-order valence-corrected chi connectivity index (χ4v) is 2.99. The summed E-state index contributed by atoms with van der Waals surface area (Å²) in [5.74, 6) is 1.35. The van der Waals surface area contributed by atoms with Gasteiger partial charge in [-0.3, -0.25) is 4.79 Å². The van der Waals surface area contributed by atoms with E-state index in [1.54, 1.807) is 31.4 Å². The van der Waals surface area contributed by atoms with Gasteiger partial charge < -0.3 is 14.3 Å². The average molecular weight is 306 g/mol. The molecule has 114 valence electrons. The number of phenolic OH excluding ortho intramolecular Hbond substituents is 1. The van der Waals surface area contributed by atoms with Gasteiger partial charge in [-0.25, -0.2) is 0 Å². The first kappa shape index (κ1) is 13.6. The molecule has 0 unspecified atom stereocenters. The average Bonchev–Trinajstić information content (AvgIpc) is 3.10. The lowest BCUT2D eigenvalue weighted by atomic mass is 10.1. The number of hydrogen-bond donors (Lipinski definition) is 1. The number of hydrogen-bond acceptors (Lipinski definition) is 4. The number of fused-ring (bicyclic) bond motifs is 2. The molecule has 1 N–H and O–H groups in total. The maximum absolute atomic E-state index is 12.4. The van der Waals surface area contributed by atoms with Gasteiger partial charge in [-0.15, -0.1) is 0 Å². The molecule has 0 saturated heterocycles. The molecule has 4 heteroatoms. The second-order valence-electron chi connectivity index (χ2n) is 5.51. The van der Waals surface area contributed by atoms with Gasteiger partial charge in [0.25, 0.3) is 0 Å². The Morgan fingerprint density at radius 3 is 2.83 bits per heavy atom. The van der Waals surface area contributed by atoms with E-state index in [-0.39, 0.29) is 11.5 Å². The number of methoxy groups -OCH3 is 1. The van der Waals surface area contributed by atoms with E-state index >= 15 is 0 Å². The first-order chi connectivity index (χ1) is 11.2. The van der Waals surface area contributed by atoms with Crippen LogP contribution in [0.1, 0.15) is 21.7 Å². The Kier molecular flexibility index (Phi) is 2.98. The molecule has 0 fully saturated rings. The van der Waals surface area contributed by atoms with E-state index < -0.39 is 0 Å². The predicted molar refractivity (Wildman–Crippen MR) is 86.9 cm³/mol. The number of ether oxygens (including phenoxy) is 1. The smallest absolute Gasteiger partial charge is 0.189 e. The Hall–Kier alpha value is -3.01. The van der Waals surface area contributed by atoms with Gasteiger partial charge in [-0.2, -0.15) is 0 Å². The number of carbonyl (C=O) groups is 1. The fourth-order valence-electron chi connectivity index (χ4n) is 2.99. The van der Waals surface area contributed by atoms with Crippen LogP contribution in [0.2, 0.25) is 0 Å². The number of phenols is 1. The molecule has 0 radical (unpaired) electrons. The SMILES string of the molecule is COc1cccc2cc(/C=C3/Cc4c(O)cccc4C3=O)oc12. The van der Waals surface area contributed by atoms with Crippen LogP contribution in [-0.4, -0.2) is 18.0 Å². The Morgan fingerprint density at radius 2 is 2.04 bits per heavy atom. The van der Waals surface area contributed by atoms with Crippen molar-refractivity contribution in [3.63, 3.8) is 0 Å². The van der Waals surface area contributed by atoms with Crippen LogP contribution in [0, 0.1) is 0 Å². The molecule has 23 heavy (non-hydrogen) atoms. The van der Waals surface area contributed by atoms with E-state index in [1.807, 2.05) is 24.3 Å². The molecular weight excluding hydrogens is 292 g/mol. The highest BCUT2D eigenvalue weighted by molar-refractivity contribution is 6.16. The standard InChI is InChI=1S/C19H14O4/c1-22-17-7-2-4-11-8-13(23-19(11)17)9-12-10-15-14(18(12)21)5-3-6-16(15)20/h2-9,20H,10H2,1H3/b12-9-. The fraction of sp³-hybridized carbons (Fsp3) is 0.105. The molecule has 0 aliphatic heterocycles. The Balaban J connectivity index is 1.78. The van der Waals surface area contributed by atoms with Crippen molar-refractivity contribution in [2.45, 2.75) is 6.42 Å². The Bertz CT molecular complexity index is 963. The summed E-state index contributed by atoms with van der Waals surface area (Å²) in [5, 5.41) is 10.8. The first-order valence-corrected chi connectivity index (χ1v) is 7.30. The molecule has 1 heterocycles. The third-order valence-corrected chi connectivity index (χ3v) is 4.12. The molecule has 0 amide bonds. The zero-order valence-corrected chi connectivity index (χ0v) is 12.5. The van der Waals surface area contributed by atoms with E-state index in [9.17, 15) is 9.90 Å². The van der Waals surface area contributed by atoms with Crippen molar-refractivity contribution in [2.75, 3.05) is 7.11 Å². The number of rotatable bonds is 2. The van der Waals surface area contributed by atoms with Crippen molar-refractivity contribution in [3.05, 3.63) is 64.9 Å². The summed E-state index contributed by atoms with van der Waals surface area (Å²) in [6, 6.07) is 12.5. The molecule has 3 aromatic rings. The van der Waals surface area contributed by atoms with Crippen LogP contribution >= 0.6 is 0 Å². The molecular formula is C19H14O4. The van der Waals surface area contributed by atoms with E-state index in [4.69, 9.17) is 9.15 Å². The largest absolute Gasteiger partial charge is 0.508 e. The highest BCUT2D eigenvalue weighted by Crippen LogP contribution is 2.35. The van der Waals surface area contributed by atoms with Gasteiger partial charge in [0.15, 0.2) is 17.1 Å². The molecule has 0 atom stereocenters. The van der Waals surface area contributed by atoms with Crippen molar-refractivity contribution in [2.24, 2.45) is 0 Å². The van der Waals surface area contributed by atoms with E-state index in [2.05, 4.69) is 0 Å². The highest BCUT2D eigenvalue weighted by Gasteiger charge is 2.27. The normalized spacial score (nSPS) is 15.3. The third kappa shape index (κ3) is 2.11. The zero-order valence-electron chi connectivity index (χ0n) is 12.5. The summed E-state index contributed by atoms with van der Waals surface area (Å²) in [6.45, 7) is 0. The second-order valence-corrected chi connectivity index (χ2v) is 5.51. The summed E-state index contributed by atoms with van der Waals surface area (Å²) >= 11 is 0. The molecule has 4 rings (SSSR count). The van der Waals surface area contributed by atoms with Crippen LogP contribution < -0.4 is 4.74 Å². The topological polar surface area (TPSA) is 59.7 Å². The highest BCUT2D eigenvalue weighted by atomic mass is 16.5. The molecule has 1 aromatic heterocycles. The van der Waals surface area contributed by atoms with Crippen molar-refractivity contribution < 1.29 is 19.1 Å². The van der Waals surface area contributed by atoms with Gasteiger partial charge in [0, 0.05) is 28.5 Å². The van der Waals surface area contributed by atoms with Gasteiger partial charge in [0.2, 0.25) is 0 Å². The van der Waals surface area contributed by atoms with Crippen molar-refractivity contribution >= 4 is 22.8 Å². The van der Waals surface area contributed by atoms with Gasteiger partial charge >= 0.3 is 0 Å². The minimum absolute atomic E-state index is 0.0664. The number of benzene rings is 2. The van der Waals surface area contributed by atoms with Crippen molar-refractivity contribution in [1.82, 2.24) is 0 Å². The van der Waals surface area contributed by atoms with Crippen LogP contribution in [-0.2, 0) is 6.42 Å². The lowest BCUT2D eigenvalue weighted by Crippen LogP contribution is -1.94. The van der Waals surface area contributed by atoms with Crippen LogP contribution in [0.25, 0.3) is 17.0 Å². The molecule has 0 bridgehead atoms. The number of carbonyl (C=O) groups excluding carboxylic acids is 1. The van der Waals surface area contributed by atoms with E-state index in [1.165, 1.54) is 0 Å². The van der Waals surface area contributed by atoms with Gasteiger partial charge in [0.1, 0.15) is 11.5 Å². The lowest BCUT2D eigenvalue weighted by Gasteiger charge is -1.98. The van der Waals surface area contributed by atoms with Gasteiger partial charge in [0.05, 0.1) is 7.11 Å². The van der Waals surface area contributed by atoms with Crippen LogP contribution in [0.15, 0.2) is 52.5 Å². The number of furan rings is 1. The first-order valence-electron chi connectivity index (χ1n) is 7.30. The number of ketones is 1. The quantitative estimate of drug-likeness (QED) is 0.728. The predicted octanol–water partition coefficient (Wildman–Crippen LogP) is 3.97.